The second-order valence-electron chi connectivity index (χ2n) is 4.47. The summed E-state index contributed by atoms with van der Waals surface area (Å²) in [6.07, 6.45) is 0.879. The summed E-state index contributed by atoms with van der Waals surface area (Å²) in [6.45, 7) is 4.77. The van der Waals surface area contributed by atoms with Crippen LogP contribution in [-0.2, 0) is 4.79 Å². The first-order chi connectivity index (χ1) is 9.00. The highest BCUT2D eigenvalue weighted by Gasteiger charge is 2.10. The number of hydrogen-bond acceptors (Lipinski definition) is 4. The summed E-state index contributed by atoms with van der Waals surface area (Å²) in [6, 6.07) is 5.27. The Bertz CT molecular complexity index is 423. The van der Waals surface area contributed by atoms with Crippen molar-refractivity contribution in [1.29, 1.82) is 0 Å². The number of hydrogen-bond donors (Lipinski definition) is 2. The molecular weight excluding hydrogens is 262 g/mol. The predicted octanol–water partition coefficient (Wildman–Crippen LogP) is 2.22. The third kappa shape index (κ3) is 5.98. The Morgan fingerprint density at radius 3 is 2.79 bits per heavy atom. The number of aliphatic carboxylic acids is 1. The minimum Gasteiger partial charge on any atom is -0.494 e. The zero-order valence-electron chi connectivity index (χ0n) is 11.4. The van der Waals surface area contributed by atoms with E-state index in [2.05, 4.69) is 13.8 Å². The number of rotatable bonds is 8. The molecular formula is C14H21NO3S. The average Bonchev–Trinajstić information content (AvgIpc) is 2.37. The number of nitrogens with two attached hydrogens (primary N) is 1. The molecule has 106 valence electrons. The minimum atomic E-state index is -0.945. The second kappa shape index (κ2) is 8.07. The van der Waals surface area contributed by atoms with Gasteiger partial charge in [-0.25, -0.2) is 0 Å². The maximum absolute atomic E-state index is 10.5. The van der Waals surface area contributed by atoms with Crippen molar-refractivity contribution in [2.45, 2.75) is 26.3 Å². The van der Waals surface area contributed by atoms with Crippen LogP contribution in [0.25, 0.3) is 0 Å². The number of thioether (sulfide) groups is 1. The summed E-state index contributed by atoms with van der Waals surface area (Å²) in [7, 11) is 0. The third-order valence-electron chi connectivity index (χ3n) is 2.79. The molecule has 0 saturated heterocycles. The monoisotopic (exact) mass is 283 g/mol. The van der Waals surface area contributed by atoms with Gasteiger partial charge in [-0.2, -0.15) is 11.8 Å². The molecule has 0 aliphatic carbocycles. The molecule has 0 radical (unpaired) electrons. The molecule has 0 saturated carbocycles. The van der Waals surface area contributed by atoms with Gasteiger partial charge in [0.2, 0.25) is 0 Å². The third-order valence-corrected chi connectivity index (χ3v) is 3.97. The summed E-state index contributed by atoms with van der Waals surface area (Å²) in [5.74, 6) is 1.24. The van der Waals surface area contributed by atoms with E-state index < -0.39 is 12.0 Å². The molecule has 1 aromatic rings. The molecule has 0 fully saturated rings. The number of carboxylic acids is 1. The van der Waals surface area contributed by atoms with E-state index in [0.717, 1.165) is 17.9 Å². The lowest BCUT2D eigenvalue weighted by Gasteiger charge is -2.09. The van der Waals surface area contributed by atoms with Gasteiger partial charge in [-0.1, -0.05) is 6.07 Å². The normalized spacial score (nSPS) is 12.2. The molecule has 0 aliphatic heterocycles. The molecule has 5 heteroatoms. The predicted molar refractivity (Wildman–Crippen MR) is 79.0 cm³/mol. The van der Waals surface area contributed by atoms with Crippen LogP contribution in [0.2, 0.25) is 0 Å². The molecule has 0 spiro atoms. The van der Waals surface area contributed by atoms with Gasteiger partial charge in [0.05, 0.1) is 6.61 Å². The highest BCUT2D eigenvalue weighted by molar-refractivity contribution is 7.99. The summed E-state index contributed by atoms with van der Waals surface area (Å²) in [4.78, 5) is 10.5. The van der Waals surface area contributed by atoms with Gasteiger partial charge < -0.3 is 15.6 Å². The molecule has 0 unspecified atom stereocenters. The molecule has 0 heterocycles. The summed E-state index contributed by atoms with van der Waals surface area (Å²) in [5, 5.41) is 8.62. The maximum atomic E-state index is 10.5. The van der Waals surface area contributed by atoms with Crippen molar-refractivity contribution >= 4 is 17.7 Å². The van der Waals surface area contributed by atoms with Gasteiger partial charge in [0, 0.05) is 5.75 Å². The van der Waals surface area contributed by atoms with Crippen LogP contribution in [0.3, 0.4) is 0 Å². The van der Waals surface area contributed by atoms with Crippen molar-refractivity contribution in [1.82, 2.24) is 0 Å². The Kier molecular flexibility index (Phi) is 6.73. The molecule has 0 amide bonds. The van der Waals surface area contributed by atoms with Gasteiger partial charge >= 0.3 is 5.97 Å². The van der Waals surface area contributed by atoms with Crippen LogP contribution >= 0.6 is 11.8 Å². The number of carbonyl (C=O) groups is 1. The van der Waals surface area contributed by atoms with Gasteiger partial charge in [-0.15, -0.1) is 0 Å². The van der Waals surface area contributed by atoms with Crippen LogP contribution < -0.4 is 10.5 Å². The second-order valence-corrected chi connectivity index (χ2v) is 5.62. The molecule has 1 aromatic carbocycles. The van der Waals surface area contributed by atoms with Crippen molar-refractivity contribution in [3.05, 3.63) is 29.3 Å². The molecule has 1 atom stereocenters. The quantitative estimate of drug-likeness (QED) is 0.716. The molecule has 1 rings (SSSR count). The first kappa shape index (κ1) is 15.9. The lowest BCUT2D eigenvalue weighted by Crippen LogP contribution is -2.32. The van der Waals surface area contributed by atoms with Crippen LogP contribution in [-0.4, -0.2) is 35.2 Å². The molecule has 0 bridgehead atoms. The zero-order chi connectivity index (χ0) is 14.3. The number of benzene rings is 1. The highest BCUT2D eigenvalue weighted by atomic mass is 32.2. The number of ether oxygens (including phenoxy) is 1. The largest absolute Gasteiger partial charge is 0.494 e. The number of aryl methyl sites for hydroxylation is 2. The van der Waals surface area contributed by atoms with E-state index in [0.29, 0.717) is 12.4 Å². The molecule has 3 N–H and O–H groups in total. The van der Waals surface area contributed by atoms with Crippen LogP contribution in [0.4, 0.5) is 0 Å². The lowest BCUT2D eigenvalue weighted by molar-refractivity contribution is -0.137. The van der Waals surface area contributed by atoms with E-state index in [4.69, 9.17) is 15.6 Å². The fourth-order valence-corrected chi connectivity index (χ4v) is 2.32. The Morgan fingerprint density at radius 1 is 1.42 bits per heavy atom. The van der Waals surface area contributed by atoms with Gasteiger partial charge in [0.1, 0.15) is 11.8 Å². The van der Waals surface area contributed by atoms with Crippen molar-refractivity contribution in [2.24, 2.45) is 5.73 Å². The van der Waals surface area contributed by atoms with Crippen molar-refractivity contribution in [3.63, 3.8) is 0 Å². The van der Waals surface area contributed by atoms with Crippen molar-refractivity contribution in [2.75, 3.05) is 18.1 Å². The first-order valence-corrected chi connectivity index (χ1v) is 7.42. The SMILES string of the molecule is Cc1ccc(OCCCSC[C@H](N)C(=O)O)cc1C. The van der Waals surface area contributed by atoms with Crippen molar-refractivity contribution in [3.8, 4) is 5.75 Å². The topological polar surface area (TPSA) is 72.5 Å². The van der Waals surface area contributed by atoms with Crippen LogP contribution in [0.5, 0.6) is 5.75 Å². The zero-order valence-corrected chi connectivity index (χ0v) is 12.2. The highest BCUT2D eigenvalue weighted by Crippen LogP contribution is 2.16. The van der Waals surface area contributed by atoms with Crippen LogP contribution in [0, 0.1) is 13.8 Å². The lowest BCUT2D eigenvalue weighted by atomic mass is 10.1. The fraction of sp³-hybridized carbons (Fsp3) is 0.500. The molecule has 0 aliphatic rings. The van der Waals surface area contributed by atoms with Crippen LogP contribution in [0.15, 0.2) is 18.2 Å². The Hall–Kier alpha value is -1.20. The Morgan fingerprint density at radius 2 is 2.16 bits per heavy atom. The summed E-state index contributed by atoms with van der Waals surface area (Å²) >= 11 is 1.54. The van der Waals surface area contributed by atoms with Crippen molar-refractivity contribution < 1.29 is 14.6 Å². The smallest absolute Gasteiger partial charge is 0.321 e. The minimum absolute atomic E-state index is 0.443. The first-order valence-electron chi connectivity index (χ1n) is 6.27. The summed E-state index contributed by atoms with van der Waals surface area (Å²) < 4.78 is 5.64. The summed E-state index contributed by atoms with van der Waals surface area (Å²) in [5.41, 5.74) is 7.88. The van der Waals surface area contributed by atoms with Gasteiger partial charge in [-0.05, 0) is 49.3 Å². The van der Waals surface area contributed by atoms with E-state index >= 15 is 0 Å². The molecule has 19 heavy (non-hydrogen) atoms. The van der Waals surface area contributed by atoms with Crippen LogP contribution in [0.1, 0.15) is 17.5 Å². The Labute approximate surface area is 118 Å². The fourth-order valence-electron chi connectivity index (χ4n) is 1.44. The van der Waals surface area contributed by atoms with E-state index in [1.807, 2.05) is 18.2 Å². The van der Waals surface area contributed by atoms with E-state index in [9.17, 15) is 4.79 Å². The standard InChI is InChI=1S/C14H21NO3S/c1-10-4-5-12(8-11(10)2)18-6-3-7-19-9-13(15)14(16)17/h4-5,8,13H,3,6-7,9,15H2,1-2H3,(H,16,17)/t13-/m0/s1. The Balaban J connectivity index is 2.14. The van der Waals surface area contributed by atoms with Gasteiger partial charge in [0.25, 0.3) is 0 Å². The number of carboxylic acid groups (broad SMARTS) is 1. The van der Waals surface area contributed by atoms with E-state index in [-0.39, 0.29) is 0 Å². The molecule has 4 nitrogen and oxygen atoms in total. The maximum Gasteiger partial charge on any atom is 0.321 e. The average molecular weight is 283 g/mol. The molecule has 0 aromatic heterocycles. The van der Waals surface area contributed by atoms with E-state index in [1.165, 1.54) is 11.1 Å². The van der Waals surface area contributed by atoms with Gasteiger partial charge in [-0.3, -0.25) is 4.79 Å². The van der Waals surface area contributed by atoms with Gasteiger partial charge in [0.15, 0.2) is 0 Å². The van der Waals surface area contributed by atoms with E-state index in [1.54, 1.807) is 11.8 Å².